The van der Waals surface area contributed by atoms with Crippen molar-refractivity contribution in [2.75, 3.05) is 56.7 Å². The van der Waals surface area contributed by atoms with Gasteiger partial charge in [-0.3, -0.25) is 14.3 Å². The van der Waals surface area contributed by atoms with E-state index in [0.29, 0.717) is 22.7 Å². The number of carbonyl (C=O) groups is 1. The Morgan fingerprint density at radius 1 is 1.18 bits per heavy atom. The van der Waals surface area contributed by atoms with Crippen LogP contribution < -0.4 is 20.7 Å². The summed E-state index contributed by atoms with van der Waals surface area (Å²) in [5, 5.41) is 3.75. The number of fused-ring (bicyclic) bond motifs is 1. The standard InChI is InChI=1S/C28H30FN7O3/c1-38-21-5-6-25-22(14-21)23(26(30)37)16-36(25)27-24(29)15-31-28(33-27)32-18-3-2-4-19(13-18)34-8-10-35(11-9-34)20-7-12-39-17-20/h2-6,13-16,20H,7-12,17H2,1H3,(H2,30,37)(H,31,32,33). The van der Waals surface area contributed by atoms with Crippen molar-refractivity contribution in [3.63, 3.8) is 0 Å². The van der Waals surface area contributed by atoms with E-state index in [1.807, 2.05) is 18.2 Å². The highest BCUT2D eigenvalue weighted by molar-refractivity contribution is 6.07. The van der Waals surface area contributed by atoms with Crippen LogP contribution in [0, 0.1) is 5.82 Å². The van der Waals surface area contributed by atoms with Gasteiger partial charge in [0, 0.05) is 61.8 Å². The van der Waals surface area contributed by atoms with Crippen LogP contribution in [0.1, 0.15) is 16.8 Å². The number of amides is 1. The van der Waals surface area contributed by atoms with Gasteiger partial charge in [-0.1, -0.05) is 6.07 Å². The third-order valence-electron chi connectivity index (χ3n) is 7.43. The molecule has 0 bridgehead atoms. The second-order valence-electron chi connectivity index (χ2n) is 9.74. The second-order valence-corrected chi connectivity index (χ2v) is 9.74. The summed E-state index contributed by atoms with van der Waals surface area (Å²) < 4.78 is 27.3. The summed E-state index contributed by atoms with van der Waals surface area (Å²) in [5.74, 6) is -0.483. The van der Waals surface area contributed by atoms with Crippen molar-refractivity contribution in [2.24, 2.45) is 5.73 Å². The first-order valence-corrected chi connectivity index (χ1v) is 13.0. The molecule has 0 spiro atoms. The molecule has 202 valence electrons. The minimum atomic E-state index is -0.636. The molecule has 2 aromatic heterocycles. The van der Waals surface area contributed by atoms with Crippen molar-refractivity contribution in [3.8, 4) is 11.6 Å². The zero-order valence-electron chi connectivity index (χ0n) is 21.6. The number of piperazine rings is 1. The number of ether oxygens (including phenoxy) is 2. The molecular formula is C28H30FN7O3. The highest BCUT2D eigenvalue weighted by Crippen LogP contribution is 2.30. The fourth-order valence-electron chi connectivity index (χ4n) is 5.36. The summed E-state index contributed by atoms with van der Waals surface area (Å²) in [6.45, 7) is 5.55. The van der Waals surface area contributed by atoms with E-state index < -0.39 is 11.7 Å². The van der Waals surface area contributed by atoms with Crippen molar-refractivity contribution < 1.29 is 18.7 Å². The summed E-state index contributed by atoms with van der Waals surface area (Å²) in [4.78, 5) is 25.6. The van der Waals surface area contributed by atoms with Gasteiger partial charge in [0.2, 0.25) is 5.95 Å². The molecule has 1 atom stereocenters. The molecule has 2 fully saturated rings. The van der Waals surface area contributed by atoms with E-state index in [-0.39, 0.29) is 17.3 Å². The first-order valence-electron chi connectivity index (χ1n) is 13.0. The third-order valence-corrected chi connectivity index (χ3v) is 7.43. The molecule has 6 rings (SSSR count). The van der Waals surface area contributed by atoms with Gasteiger partial charge in [-0.05, 0) is 42.8 Å². The Bertz CT molecular complexity index is 1510. The summed E-state index contributed by atoms with van der Waals surface area (Å²) in [7, 11) is 1.53. The maximum atomic E-state index is 15.0. The molecule has 0 radical (unpaired) electrons. The normalized spacial score (nSPS) is 18.0. The van der Waals surface area contributed by atoms with Gasteiger partial charge < -0.3 is 25.4 Å². The van der Waals surface area contributed by atoms with Gasteiger partial charge in [0.15, 0.2) is 11.6 Å². The third kappa shape index (κ3) is 4.98. The van der Waals surface area contributed by atoms with Crippen LogP contribution in [0.5, 0.6) is 5.75 Å². The van der Waals surface area contributed by atoms with E-state index in [2.05, 4.69) is 31.2 Å². The molecule has 11 heteroatoms. The van der Waals surface area contributed by atoms with E-state index >= 15 is 0 Å². The van der Waals surface area contributed by atoms with Crippen LogP contribution in [-0.4, -0.2) is 77.9 Å². The Balaban J connectivity index is 1.24. The fourth-order valence-corrected chi connectivity index (χ4v) is 5.36. The van der Waals surface area contributed by atoms with Crippen molar-refractivity contribution in [1.82, 2.24) is 19.4 Å². The van der Waals surface area contributed by atoms with Crippen LogP contribution in [0.3, 0.4) is 0 Å². The minimum Gasteiger partial charge on any atom is -0.497 e. The number of carbonyl (C=O) groups excluding carboxylic acids is 1. The molecule has 10 nitrogen and oxygen atoms in total. The Morgan fingerprint density at radius 2 is 2.03 bits per heavy atom. The van der Waals surface area contributed by atoms with E-state index in [0.717, 1.165) is 63.4 Å². The maximum Gasteiger partial charge on any atom is 0.250 e. The van der Waals surface area contributed by atoms with E-state index in [1.165, 1.54) is 17.9 Å². The van der Waals surface area contributed by atoms with E-state index in [4.69, 9.17) is 15.2 Å². The Labute approximate surface area is 225 Å². The van der Waals surface area contributed by atoms with Gasteiger partial charge in [0.25, 0.3) is 5.91 Å². The number of benzene rings is 2. The molecule has 1 unspecified atom stereocenters. The number of nitrogens with one attached hydrogen (secondary N) is 1. The van der Waals surface area contributed by atoms with E-state index in [9.17, 15) is 9.18 Å². The molecule has 4 aromatic rings. The molecule has 2 aromatic carbocycles. The molecule has 2 aliphatic heterocycles. The number of primary amides is 1. The molecule has 1 amide bonds. The quantitative estimate of drug-likeness (QED) is 0.374. The molecule has 2 saturated heterocycles. The molecule has 0 saturated carbocycles. The predicted octanol–water partition coefficient (Wildman–Crippen LogP) is 3.32. The molecule has 0 aliphatic carbocycles. The second kappa shape index (κ2) is 10.5. The summed E-state index contributed by atoms with van der Waals surface area (Å²) in [6.07, 6.45) is 3.70. The van der Waals surface area contributed by atoms with Crippen molar-refractivity contribution in [2.45, 2.75) is 12.5 Å². The Kier molecular flexibility index (Phi) is 6.76. The number of aromatic nitrogens is 3. The summed E-state index contributed by atoms with van der Waals surface area (Å²) >= 11 is 0. The lowest BCUT2D eigenvalue weighted by Gasteiger charge is -2.38. The molecule has 3 N–H and O–H groups in total. The maximum absolute atomic E-state index is 15.0. The van der Waals surface area contributed by atoms with Gasteiger partial charge in [-0.25, -0.2) is 9.37 Å². The Morgan fingerprint density at radius 3 is 2.77 bits per heavy atom. The zero-order valence-corrected chi connectivity index (χ0v) is 21.6. The highest BCUT2D eigenvalue weighted by Gasteiger charge is 2.27. The summed E-state index contributed by atoms with van der Waals surface area (Å²) in [6, 6.07) is 13.7. The van der Waals surface area contributed by atoms with Crippen LogP contribution in [0.2, 0.25) is 0 Å². The number of anilines is 3. The lowest BCUT2D eigenvalue weighted by atomic mass is 10.1. The first kappa shape index (κ1) is 25.1. The Hall–Kier alpha value is -4.22. The SMILES string of the molecule is COc1ccc2c(c1)c(C(N)=O)cn2-c1nc(Nc2cccc(N3CCN(C4CCOC4)CC3)c2)ncc1F. The number of halogens is 1. The predicted molar refractivity (Wildman–Crippen MR) is 147 cm³/mol. The average molecular weight is 532 g/mol. The lowest BCUT2D eigenvalue weighted by Crippen LogP contribution is -2.50. The molecule has 39 heavy (non-hydrogen) atoms. The van der Waals surface area contributed by atoms with Crippen LogP contribution >= 0.6 is 0 Å². The zero-order chi connectivity index (χ0) is 26.9. The van der Waals surface area contributed by atoms with Crippen LogP contribution in [-0.2, 0) is 4.74 Å². The number of methoxy groups -OCH3 is 1. The van der Waals surface area contributed by atoms with Crippen molar-refractivity contribution in [3.05, 3.63) is 66.2 Å². The van der Waals surface area contributed by atoms with Crippen molar-refractivity contribution >= 4 is 34.1 Å². The molecule has 4 heterocycles. The van der Waals surface area contributed by atoms with E-state index in [1.54, 1.807) is 18.2 Å². The molecular weight excluding hydrogens is 501 g/mol. The monoisotopic (exact) mass is 531 g/mol. The van der Waals surface area contributed by atoms with Gasteiger partial charge in [-0.15, -0.1) is 0 Å². The topological polar surface area (TPSA) is 111 Å². The van der Waals surface area contributed by atoms with Gasteiger partial charge in [0.05, 0.1) is 31.0 Å². The lowest BCUT2D eigenvalue weighted by molar-refractivity contribution is 0.100. The largest absolute Gasteiger partial charge is 0.497 e. The smallest absolute Gasteiger partial charge is 0.250 e. The van der Waals surface area contributed by atoms with Crippen LogP contribution in [0.25, 0.3) is 16.7 Å². The molecule has 2 aliphatic rings. The number of nitrogens with zero attached hydrogens (tertiary/aromatic N) is 5. The minimum absolute atomic E-state index is 0.00154. The number of hydrogen-bond donors (Lipinski definition) is 2. The van der Waals surface area contributed by atoms with Gasteiger partial charge in [0.1, 0.15) is 5.75 Å². The highest BCUT2D eigenvalue weighted by atomic mass is 19.1. The number of nitrogens with two attached hydrogens (primary N) is 1. The van der Waals surface area contributed by atoms with Gasteiger partial charge in [-0.2, -0.15) is 4.98 Å². The number of hydrogen-bond acceptors (Lipinski definition) is 8. The van der Waals surface area contributed by atoms with Crippen molar-refractivity contribution in [1.29, 1.82) is 0 Å². The van der Waals surface area contributed by atoms with Crippen LogP contribution in [0.4, 0.5) is 21.7 Å². The number of rotatable bonds is 7. The average Bonchev–Trinajstić information content (AvgIpc) is 3.63. The summed E-state index contributed by atoms with van der Waals surface area (Å²) in [5.41, 5.74) is 8.30. The van der Waals surface area contributed by atoms with Crippen LogP contribution in [0.15, 0.2) is 54.9 Å². The fraction of sp³-hybridized carbons (Fsp3) is 0.321. The van der Waals surface area contributed by atoms with Gasteiger partial charge >= 0.3 is 0 Å². The first-order chi connectivity index (χ1) is 19.0.